The molecule has 1 aliphatic rings. The Morgan fingerprint density at radius 1 is 0.824 bits per heavy atom. The van der Waals surface area contributed by atoms with Crippen LogP contribution in [0.1, 0.15) is 11.9 Å². The van der Waals surface area contributed by atoms with E-state index in [1.165, 1.54) is 17.1 Å². The average molecular weight is 227 g/mol. The average Bonchev–Trinajstić information content (AvgIpc) is 2.84. The second kappa shape index (κ2) is 3.55. The minimum Gasteiger partial charge on any atom is -0.351 e. The molecule has 0 unspecified atom stereocenters. The van der Waals surface area contributed by atoms with Gasteiger partial charge in [-0.3, -0.25) is 0 Å². The van der Waals surface area contributed by atoms with Crippen molar-refractivity contribution in [2.45, 2.75) is 6.17 Å². The molecule has 3 rings (SSSR count). The molecule has 0 saturated carbocycles. The number of anilines is 2. The number of hydrogen-bond acceptors (Lipinski definition) is 2. The van der Waals surface area contributed by atoms with E-state index in [4.69, 9.17) is 0 Å². The molecule has 3 nitrogen and oxygen atoms in total. The fourth-order valence-corrected chi connectivity index (χ4v) is 2.72. The molecule has 2 aromatic rings. The van der Waals surface area contributed by atoms with Gasteiger partial charge in [-0.2, -0.15) is 0 Å². The van der Waals surface area contributed by atoms with Crippen LogP contribution in [0.3, 0.4) is 0 Å². The van der Waals surface area contributed by atoms with Gasteiger partial charge in [-0.05, 0) is 24.3 Å². The minimum atomic E-state index is 0.285. The summed E-state index contributed by atoms with van der Waals surface area (Å²) in [6, 6.07) is 12.8. The molecule has 0 amide bonds. The molecule has 17 heavy (non-hydrogen) atoms. The van der Waals surface area contributed by atoms with Gasteiger partial charge in [-0.15, -0.1) is 0 Å². The van der Waals surface area contributed by atoms with E-state index in [2.05, 4.69) is 78.1 Å². The maximum Gasteiger partial charge on any atom is 0.143 e. The van der Waals surface area contributed by atoms with E-state index < -0.39 is 0 Å². The summed E-state index contributed by atoms with van der Waals surface area (Å²) < 4.78 is 2.18. The van der Waals surface area contributed by atoms with Gasteiger partial charge in [0.1, 0.15) is 6.17 Å². The highest BCUT2D eigenvalue weighted by molar-refractivity contribution is 5.77. The van der Waals surface area contributed by atoms with Crippen molar-refractivity contribution in [3.8, 4) is 0 Å². The maximum atomic E-state index is 2.32. The molecule has 2 heterocycles. The van der Waals surface area contributed by atoms with Crippen LogP contribution in [0.2, 0.25) is 0 Å². The normalized spacial score (nSPS) is 15.5. The molecular formula is C14H17N3. The van der Waals surface area contributed by atoms with Crippen molar-refractivity contribution in [2.75, 3.05) is 23.9 Å². The lowest BCUT2D eigenvalue weighted by atomic mass is 10.3. The smallest absolute Gasteiger partial charge is 0.143 e. The molecule has 0 fully saturated rings. The number of nitrogens with zero attached hydrogens (tertiary/aromatic N) is 3. The summed E-state index contributed by atoms with van der Waals surface area (Å²) in [6.45, 7) is 0. The summed E-state index contributed by atoms with van der Waals surface area (Å²) in [5.41, 5.74) is 3.90. The lowest BCUT2D eigenvalue weighted by Gasteiger charge is -2.28. The molecule has 88 valence electrons. The van der Waals surface area contributed by atoms with Crippen LogP contribution in [-0.2, 0) is 7.05 Å². The second-order valence-electron chi connectivity index (χ2n) is 4.63. The number of aryl methyl sites for hydroxylation is 1. The van der Waals surface area contributed by atoms with E-state index in [0.717, 1.165) is 0 Å². The number of fused-ring (bicyclic) bond motifs is 1. The Balaban J connectivity index is 2.09. The van der Waals surface area contributed by atoms with Crippen LogP contribution in [0.25, 0.3) is 0 Å². The number of para-hydroxylation sites is 2. The Labute approximate surface area is 102 Å². The van der Waals surface area contributed by atoms with Crippen LogP contribution < -0.4 is 9.80 Å². The van der Waals surface area contributed by atoms with Crippen molar-refractivity contribution in [1.82, 2.24) is 4.57 Å². The van der Waals surface area contributed by atoms with Crippen molar-refractivity contribution < 1.29 is 0 Å². The monoisotopic (exact) mass is 227 g/mol. The molecule has 3 heteroatoms. The third kappa shape index (κ3) is 1.35. The van der Waals surface area contributed by atoms with Gasteiger partial charge in [-0.1, -0.05) is 12.1 Å². The highest BCUT2D eigenvalue weighted by Gasteiger charge is 2.32. The molecule has 0 atom stereocenters. The van der Waals surface area contributed by atoms with Crippen molar-refractivity contribution >= 4 is 11.4 Å². The van der Waals surface area contributed by atoms with Crippen LogP contribution in [-0.4, -0.2) is 18.7 Å². The number of hydrogen-bond donors (Lipinski definition) is 0. The van der Waals surface area contributed by atoms with E-state index in [1.807, 2.05) is 0 Å². The predicted octanol–water partition coefficient (Wildman–Crippen LogP) is 2.61. The van der Waals surface area contributed by atoms with E-state index in [-0.39, 0.29) is 6.17 Å². The van der Waals surface area contributed by atoms with Gasteiger partial charge < -0.3 is 14.4 Å². The van der Waals surface area contributed by atoms with Gasteiger partial charge in [0.2, 0.25) is 0 Å². The highest BCUT2D eigenvalue weighted by atomic mass is 15.4. The summed E-state index contributed by atoms with van der Waals surface area (Å²) in [5.74, 6) is 0. The Kier molecular flexibility index (Phi) is 2.15. The van der Waals surface area contributed by atoms with Gasteiger partial charge >= 0.3 is 0 Å². The summed E-state index contributed by atoms with van der Waals surface area (Å²) in [7, 11) is 6.40. The molecule has 0 N–H and O–H groups in total. The zero-order valence-corrected chi connectivity index (χ0v) is 10.5. The molecule has 0 aliphatic carbocycles. The third-order valence-corrected chi connectivity index (χ3v) is 3.62. The SMILES string of the molecule is CN1c2ccccc2N(C)C1c1cccn1C. The molecule has 0 bridgehead atoms. The first-order chi connectivity index (χ1) is 8.20. The summed E-state index contributed by atoms with van der Waals surface area (Å²) in [4.78, 5) is 4.65. The Morgan fingerprint density at radius 3 is 1.88 bits per heavy atom. The molecule has 0 spiro atoms. The summed E-state index contributed by atoms with van der Waals surface area (Å²) >= 11 is 0. The zero-order valence-electron chi connectivity index (χ0n) is 10.5. The molecule has 1 aliphatic heterocycles. The van der Waals surface area contributed by atoms with Crippen LogP contribution in [0.15, 0.2) is 42.6 Å². The number of rotatable bonds is 1. The van der Waals surface area contributed by atoms with Crippen LogP contribution in [0.4, 0.5) is 11.4 Å². The van der Waals surface area contributed by atoms with Crippen molar-refractivity contribution in [2.24, 2.45) is 7.05 Å². The molecule has 0 saturated heterocycles. The fraction of sp³-hybridized carbons (Fsp3) is 0.286. The molecule has 1 aromatic heterocycles. The van der Waals surface area contributed by atoms with Crippen LogP contribution >= 0.6 is 0 Å². The Bertz CT molecular complexity index is 515. The van der Waals surface area contributed by atoms with Crippen LogP contribution in [0, 0.1) is 0 Å². The van der Waals surface area contributed by atoms with Gasteiger partial charge in [0.25, 0.3) is 0 Å². The fourth-order valence-electron chi connectivity index (χ4n) is 2.72. The quantitative estimate of drug-likeness (QED) is 0.742. The topological polar surface area (TPSA) is 11.4 Å². The second-order valence-corrected chi connectivity index (χ2v) is 4.63. The van der Waals surface area contributed by atoms with Crippen molar-refractivity contribution in [1.29, 1.82) is 0 Å². The summed E-state index contributed by atoms with van der Waals surface area (Å²) in [5, 5.41) is 0. The summed E-state index contributed by atoms with van der Waals surface area (Å²) in [6.07, 6.45) is 2.38. The standard InChI is InChI=1S/C14H17N3/c1-15-10-6-9-13(15)14-16(2)11-7-4-5-8-12(11)17(14)3/h4-10,14H,1-3H3. The molecule has 0 radical (unpaired) electrons. The lowest BCUT2D eigenvalue weighted by molar-refractivity contribution is 0.638. The maximum absolute atomic E-state index is 2.32. The molecule has 1 aromatic carbocycles. The van der Waals surface area contributed by atoms with Gasteiger partial charge in [-0.25, -0.2) is 0 Å². The van der Waals surface area contributed by atoms with Gasteiger partial charge in [0.15, 0.2) is 0 Å². The first-order valence-corrected chi connectivity index (χ1v) is 5.86. The van der Waals surface area contributed by atoms with Crippen molar-refractivity contribution in [3.63, 3.8) is 0 Å². The van der Waals surface area contributed by atoms with Crippen molar-refractivity contribution in [3.05, 3.63) is 48.3 Å². The highest BCUT2D eigenvalue weighted by Crippen LogP contribution is 2.43. The van der Waals surface area contributed by atoms with Gasteiger partial charge in [0, 0.05) is 27.3 Å². The van der Waals surface area contributed by atoms with E-state index in [0.29, 0.717) is 0 Å². The Hall–Kier alpha value is -1.90. The first kappa shape index (κ1) is 10.3. The molecular weight excluding hydrogens is 210 g/mol. The minimum absolute atomic E-state index is 0.285. The first-order valence-electron chi connectivity index (χ1n) is 5.86. The number of benzene rings is 1. The van der Waals surface area contributed by atoms with E-state index >= 15 is 0 Å². The largest absolute Gasteiger partial charge is 0.351 e. The number of aromatic nitrogens is 1. The van der Waals surface area contributed by atoms with Crippen LogP contribution in [0.5, 0.6) is 0 Å². The lowest BCUT2D eigenvalue weighted by Crippen LogP contribution is -2.31. The third-order valence-electron chi connectivity index (χ3n) is 3.62. The predicted molar refractivity (Wildman–Crippen MR) is 71.4 cm³/mol. The van der Waals surface area contributed by atoms with E-state index in [9.17, 15) is 0 Å². The van der Waals surface area contributed by atoms with Gasteiger partial charge in [0.05, 0.1) is 17.1 Å². The Morgan fingerprint density at radius 2 is 1.41 bits per heavy atom. The van der Waals surface area contributed by atoms with E-state index in [1.54, 1.807) is 0 Å². The zero-order chi connectivity index (χ0) is 12.0.